The first-order valence-corrected chi connectivity index (χ1v) is 20.3. The number of Topliss-reactive ketones (excluding diaryl/α,β-unsaturated/α-hetero) is 1. The molecule has 12 atom stereocenters. The Hall–Kier alpha value is -3.59. The molecule has 0 spiro atoms. The Labute approximate surface area is 338 Å². The summed E-state index contributed by atoms with van der Waals surface area (Å²) in [4.78, 5) is 46.8. The first-order chi connectivity index (χ1) is 26.8. The zero-order chi connectivity index (χ0) is 42.1. The molecular formula is C44H66N4O9. The second kappa shape index (κ2) is 17.7. The van der Waals surface area contributed by atoms with Crippen molar-refractivity contribution in [2.75, 3.05) is 40.2 Å². The molecule has 0 aromatic heterocycles. The van der Waals surface area contributed by atoms with Crippen LogP contribution in [0, 0.1) is 17.8 Å². The minimum atomic E-state index is -1.39. The second-order valence-electron chi connectivity index (χ2n) is 17.3. The molecule has 0 radical (unpaired) electrons. The van der Waals surface area contributed by atoms with E-state index in [1.165, 1.54) is 5.01 Å². The Balaban J connectivity index is 1.54. The molecule has 1 amide bonds. The number of likely N-dealkylation sites (N-methyl/N-ethyl adjacent to an activating group) is 1. The van der Waals surface area contributed by atoms with E-state index in [0.29, 0.717) is 18.4 Å². The third kappa shape index (κ3) is 8.89. The summed E-state index contributed by atoms with van der Waals surface area (Å²) in [6.45, 7) is 15.0. The number of nitrogens with zero attached hydrogens (tertiary/aromatic N) is 3. The van der Waals surface area contributed by atoms with Gasteiger partial charge in [-0.15, -0.1) is 0 Å². The first-order valence-electron chi connectivity index (χ1n) is 20.3. The highest BCUT2D eigenvalue weighted by Crippen LogP contribution is 2.42. The van der Waals surface area contributed by atoms with Gasteiger partial charge < -0.3 is 38.6 Å². The van der Waals surface area contributed by atoms with Crippen molar-refractivity contribution < 1.29 is 43.2 Å². The van der Waals surface area contributed by atoms with E-state index < -0.39 is 71.7 Å². The zero-order valence-electron chi connectivity index (χ0n) is 36.2. The summed E-state index contributed by atoms with van der Waals surface area (Å²) in [6.07, 6.45) is -1.48. The van der Waals surface area contributed by atoms with Crippen molar-refractivity contribution in [2.45, 2.75) is 135 Å². The number of benzene rings is 2. The minimum Gasteiger partial charge on any atom is -0.455 e. The molecule has 0 unspecified atom stereocenters. The van der Waals surface area contributed by atoms with Gasteiger partial charge in [-0.2, -0.15) is 0 Å². The van der Waals surface area contributed by atoms with Crippen LogP contribution in [-0.4, -0.2) is 122 Å². The molecule has 5 rings (SSSR count). The number of esters is 1. The lowest BCUT2D eigenvalue weighted by molar-refractivity contribution is -0.294. The Kier molecular flexibility index (Phi) is 13.8. The summed E-state index contributed by atoms with van der Waals surface area (Å²) in [6, 6.07) is 11.1. The third-order valence-electron chi connectivity index (χ3n) is 12.6. The number of hydrogen-bond donors (Lipinski definition) is 2. The topological polar surface area (TPSA) is 139 Å². The molecule has 2 saturated heterocycles. The molecule has 2 aromatic rings. The number of rotatable bonds is 9. The number of ether oxygens (including phenoxy) is 5. The molecule has 0 aliphatic carbocycles. The van der Waals surface area contributed by atoms with Crippen molar-refractivity contribution in [2.24, 2.45) is 17.8 Å². The fraction of sp³-hybridized carbons (Fsp3) is 0.659. The number of hydrazine groups is 1. The summed E-state index contributed by atoms with van der Waals surface area (Å²) in [5, 5.41) is 15.0. The smallest absolute Gasteiger partial charge is 0.425 e. The molecule has 13 heteroatoms. The van der Waals surface area contributed by atoms with Crippen LogP contribution in [0.2, 0.25) is 0 Å². The second-order valence-corrected chi connectivity index (χ2v) is 17.3. The van der Waals surface area contributed by atoms with E-state index in [4.69, 9.17) is 23.7 Å². The van der Waals surface area contributed by atoms with Gasteiger partial charge in [0.2, 0.25) is 0 Å². The van der Waals surface area contributed by atoms with Crippen LogP contribution in [0.5, 0.6) is 0 Å². The van der Waals surface area contributed by atoms with Gasteiger partial charge in [0.15, 0.2) is 11.9 Å². The van der Waals surface area contributed by atoms with Gasteiger partial charge in [-0.3, -0.25) is 4.79 Å². The van der Waals surface area contributed by atoms with Crippen molar-refractivity contribution in [1.29, 1.82) is 0 Å². The first kappa shape index (κ1) is 44.5. The molecule has 2 fully saturated rings. The molecule has 3 aliphatic heterocycles. The number of fused-ring (bicyclic) bond motifs is 2. The highest BCUT2D eigenvalue weighted by molar-refractivity contribution is 5.96. The van der Waals surface area contributed by atoms with Gasteiger partial charge in [0.1, 0.15) is 24.0 Å². The lowest BCUT2D eigenvalue weighted by Crippen LogP contribution is -2.60. The SMILES string of the molecule is CC[C@H]1OC(=O)/C(C)=C/[C@H](C)[C@@H](O[C@@H]2O[C@H](C)C[C@H](N(C)C)[C@H]2O)[C@](C)(OC)C[C@@H](C)C(=O)[C@H](C)[C@H]2N(NCc3ccc(N(C)C)c4ccccc34)C(=O)O[C@]12C. The lowest BCUT2D eigenvalue weighted by atomic mass is 9.74. The highest BCUT2D eigenvalue weighted by atomic mass is 16.7. The van der Waals surface area contributed by atoms with Crippen molar-refractivity contribution in [3.05, 3.63) is 53.6 Å². The summed E-state index contributed by atoms with van der Waals surface area (Å²) in [5.74, 6) is -2.50. The third-order valence-corrected chi connectivity index (χ3v) is 12.6. The van der Waals surface area contributed by atoms with Crippen molar-refractivity contribution in [1.82, 2.24) is 15.3 Å². The Morgan fingerprint density at radius 1 is 1.00 bits per heavy atom. The highest BCUT2D eigenvalue weighted by Gasteiger charge is 2.60. The van der Waals surface area contributed by atoms with E-state index in [0.717, 1.165) is 22.0 Å². The number of amides is 1. The number of carbonyl (C=O) groups excluding carboxylic acids is 3. The van der Waals surface area contributed by atoms with Gasteiger partial charge in [-0.1, -0.05) is 64.1 Å². The van der Waals surface area contributed by atoms with E-state index in [1.54, 1.807) is 34.0 Å². The minimum absolute atomic E-state index is 0.119. The summed E-state index contributed by atoms with van der Waals surface area (Å²) >= 11 is 0. The molecule has 3 aliphatic rings. The summed E-state index contributed by atoms with van der Waals surface area (Å²) in [7, 11) is 9.41. The molecule has 0 saturated carbocycles. The van der Waals surface area contributed by atoms with Crippen LogP contribution in [0.25, 0.3) is 10.8 Å². The lowest BCUT2D eigenvalue weighted by Gasteiger charge is -2.46. The fourth-order valence-corrected chi connectivity index (χ4v) is 9.50. The Morgan fingerprint density at radius 2 is 1.67 bits per heavy atom. The van der Waals surface area contributed by atoms with Crippen molar-refractivity contribution in [3.63, 3.8) is 0 Å². The number of cyclic esters (lactones) is 1. The van der Waals surface area contributed by atoms with Gasteiger partial charge in [-0.25, -0.2) is 20.0 Å². The predicted octanol–water partition coefficient (Wildman–Crippen LogP) is 5.86. The van der Waals surface area contributed by atoms with E-state index >= 15 is 0 Å². The monoisotopic (exact) mass is 794 g/mol. The van der Waals surface area contributed by atoms with Crippen LogP contribution in [0.1, 0.15) is 80.2 Å². The molecule has 0 bridgehead atoms. The van der Waals surface area contributed by atoms with Crippen LogP contribution in [0.4, 0.5) is 10.5 Å². The maximum absolute atomic E-state index is 14.8. The number of aliphatic hydroxyl groups is 1. The van der Waals surface area contributed by atoms with Crippen molar-refractivity contribution >= 4 is 34.3 Å². The van der Waals surface area contributed by atoms with Crippen LogP contribution in [0.3, 0.4) is 0 Å². The largest absolute Gasteiger partial charge is 0.455 e. The van der Waals surface area contributed by atoms with E-state index in [1.807, 2.05) is 85.9 Å². The van der Waals surface area contributed by atoms with E-state index in [-0.39, 0.29) is 30.9 Å². The number of aliphatic hydroxyl groups excluding tert-OH is 1. The van der Waals surface area contributed by atoms with Crippen LogP contribution >= 0.6 is 0 Å². The van der Waals surface area contributed by atoms with Gasteiger partial charge in [-0.05, 0) is 78.1 Å². The zero-order valence-corrected chi connectivity index (χ0v) is 36.2. The average molecular weight is 795 g/mol. The van der Waals surface area contributed by atoms with Crippen molar-refractivity contribution in [3.8, 4) is 0 Å². The molecular weight excluding hydrogens is 729 g/mol. The number of anilines is 1. The van der Waals surface area contributed by atoms with Gasteiger partial charge in [0.05, 0.1) is 17.8 Å². The molecule has 2 aromatic carbocycles. The molecule has 316 valence electrons. The Bertz CT molecular complexity index is 1800. The van der Waals surface area contributed by atoms with Crippen LogP contribution < -0.4 is 10.3 Å². The predicted molar refractivity (Wildman–Crippen MR) is 219 cm³/mol. The summed E-state index contributed by atoms with van der Waals surface area (Å²) < 4.78 is 31.6. The maximum Gasteiger partial charge on any atom is 0.425 e. The van der Waals surface area contributed by atoms with E-state index in [9.17, 15) is 19.5 Å². The van der Waals surface area contributed by atoms with Gasteiger partial charge in [0, 0.05) is 68.2 Å². The fourth-order valence-electron chi connectivity index (χ4n) is 9.50. The van der Waals surface area contributed by atoms with Crippen LogP contribution in [-0.2, 0) is 39.8 Å². The molecule has 3 heterocycles. The number of hydrogen-bond acceptors (Lipinski definition) is 12. The normalized spacial score (nSPS) is 36.6. The average Bonchev–Trinajstić information content (AvgIpc) is 3.43. The van der Waals surface area contributed by atoms with Crippen LogP contribution in [0.15, 0.2) is 48.0 Å². The maximum atomic E-state index is 14.8. The molecule has 13 nitrogen and oxygen atoms in total. The number of ketones is 1. The summed E-state index contributed by atoms with van der Waals surface area (Å²) in [5.41, 5.74) is 3.22. The number of nitrogens with one attached hydrogen (secondary N) is 1. The number of methoxy groups -OCH3 is 1. The molecule has 2 N–H and O–H groups in total. The van der Waals surface area contributed by atoms with E-state index in [2.05, 4.69) is 28.5 Å². The van der Waals surface area contributed by atoms with Gasteiger partial charge >= 0.3 is 12.1 Å². The Morgan fingerprint density at radius 3 is 2.28 bits per heavy atom. The quantitative estimate of drug-likeness (QED) is 0.294. The van der Waals surface area contributed by atoms with Gasteiger partial charge in [0.25, 0.3) is 0 Å². The standard InChI is InChI=1S/C44H66N4O9/c1-14-35-44(8)38(48(42(52)57-44)45-24-30-19-20-33(46(9)10)32-18-16-15-17-31(30)32)29(6)36(49)27(4)23-43(7,53-13)39(25(2)21-26(3)40(51)55-35)56-41-37(50)34(47(11)12)22-28(5)54-41/h15-21,25,27-29,34-35,37-39,41,45,50H,14,22-24H2,1-13H3/b26-21+/t25-,27+,28+,29-,34-,35+,37+,38+,39+,41-,43+,44+/m0/s1. The number of carbonyl (C=O) groups is 3. The molecule has 57 heavy (non-hydrogen) atoms.